The third-order valence-corrected chi connectivity index (χ3v) is 7.02. The molecule has 3 heterocycles. The number of carbonyl (C=O) groups is 3. The van der Waals surface area contributed by atoms with Gasteiger partial charge in [-0.15, -0.1) is 11.8 Å². The van der Waals surface area contributed by atoms with Crippen LogP contribution in [0.4, 0.5) is 5.69 Å². The number of amides is 3. The standard InChI is InChI=1S/C19H23N3O3S/c1-19-8-7-16(23)22(19)15(12-26-19)17(24)20-14-6-4-5-13(11-14)18(25)21-9-2-3-10-21/h4-6,11,15H,2-3,7-10,12H2,1H3,(H,20,24)/t15-,19-/m0/s1. The van der Waals surface area contributed by atoms with Crippen molar-refractivity contribution in [3.05, 3.63) is 29.8 Å². The number of likely N-dealkylation sites (tertiary alicyclic amines) is 1. The monoisotopic (exact) mass is 373 g/mol. The Kier molecular flexibility index (Phi) is 4.42. The lowest BCUT2D eigenvalue weighted by Crippen LogP contribution is -2.48. The smallest absolute Gasteiger partial charge is 0.253 e. The highest BCUT2D eigenvalue weighted by atomic mass is 32.2. The van der Waals surface area contributed by atoms with Crippen LogP contribution in [0.25, 0.3) is 0 Å². The summed E-state index contributed by atoms with van der Waals surface area (Å²) >= 11 is 1.67. The maximum atomic E-state index is 12.8. The number of nitrogens with one attached hydrogen (secondary N) is 1. The molecule has 0 saturated carbocycles. The van der Waals surface area contributed by atoms with Gasteiger partial charge in [-0.25, -0.2) is 0 Å². The molecule has 0 aromatic heterocycles. The van der Waals surface area contributed by atoms with Gasteiger partial charge in [0.05, 0.1) is 4.87 Å². The largest absolute Gasteiger partial charge is 0.339 e. The molecule has 3 aliphatic rings. The first-order chi connectivity index (χ1) is 12.5. The summed E-state index contributed by atoms with van der Waals surface area (Å²) in [6.45, 7) is 3.62. The van der Waals surface area contributed by atoms with E-state index < -0.39 is 6.04 Å². The topological polar surface area (TPSA) is 69.7 Å². The van der Waals surface area contributed by atoms with Crippen molar-refractivity contribution in [3.8, 4) is 0 Å². The van der Waals surface area contributed by atoms with Gasteiger partial charge >= 0.3 is 0 Å². The summed E-state index contributed by atoms with van der Waals surface area (Å²) in [5.41, 5.74) is 1.19. The molecule has 6 nitrogen and oxygen atoms in total. The molecule has 3 aliphatic heterocycles. The van der Waals surface area contributed by atoms with Crippen LogP contribution in [0.15, 0.2) is 24.3 Å². The van der Waals surface area contributed by atoms with Gasteiger partial charge in [-0.1, -0.05) is 6.07 Å². The highest BCUT2D eigenvalue weighted by molar-refractivity contribution is 8.01. The average Bonchev–Trinajstić information content (AvgIpc) is 3.33. The molecule has 1 aromatic carbocycles. The molecule has 138 valence electrons. The first kappa shape index (κ1) is 17.4. The number of hydrogen-bond acceptors (Lipinski definition) is 4. The van der Waals surface area contributed by atoms with Crippen molar-refractivity contribution in [2.24, 2.45) is 0 Å². The fraction of sp³-hybridized carbons (Fsp3) is 0.526. The quantitative estimate of drug-likeness (QED) is 0.883. The molecule has 0 bridgehead atoms. The van der Waals surface area contributed by atoms with Crippen LogP contribution in [0.1, 0.15) is 43.0 Å². The lowest BCUT2D eigenvalue weighted by molar-refractivity contribution is -0.135. The molecular weight excluding hydrogens is 350 g/mol. The number of anilines is 1. The van der Waals surface area contributed by atoms with Crippen LogP contribution in [0, 0.1) is 0 Å². The lowest BCUT2D eigenvalue weighted by Gasteiger charge is -2.29. The van der Waals surface area contributed by atoms with Gasteiger partial charge in [0.2, 0.25) is 11.8 Å². The molecule has 2 atom stereocenters. The second kappa shape index (κ2) is 6.61. The van der Waals surface area contributed by atoms with Crippen LogP contribution in [-0.2, 0) is 9.59 Å². The summed E-state index contributed by atoms with van der Waals surface area (Å²) in [4.78, 5) is 40.8. The molecule has 7 heteroatoms. The zero-order valence-corrected chi connectivity index (χ0v) is 15.7. The average molecular weight is 373 g/mol. The van der Waals surface area contributed by atoms with Crippen molar-refractivity contribution in [1.82, 2.24) is 9.80 Å². The Morgan fingerprint density at radius 1 is 1.27 bits per heavy atom. The Bertz CT molecular complexity index is 762. The summed E-state index contributed by atoms with van der Waals surface area (Å²) in [5, 5.41) is 2.90. The Morgan fingerprint density at radius 2 is 2.04 bits per heavy atom. The van der Waals surface area contributed by atoms with E-state index in [-0.39, 0.29) is 22.6 Å². The van der Waals surface area contributed by atoms with Gasteiger partial charge in [0.15, 0.2) is 0 Å². The molecule has 0 aliphatic carbocycles. The number of rotatable bonds is 3. The molecule has 0 radical (unpaired) electrons. The number of fused-ring (bicyclic) bond motifs is 1. The van der Waals surface area contributed by atoms with E-state index in [2.05, 4.69) is 5.32 Å². The minimum atomic E-state index is -0.446. The van der Waals surface area contributed by atoms with Gasteiger partial charge in [-0.2, -0.15) is 0 Å². The molecule has 3 amide bonds. The van der Waals surface area contributed by atoms with E-state index in [1.807, 2.05) is 11.8 Å². The number of benzene rings is 1. The summed E-state index contributed by atoms with van der Waals surface area (Å²) in [5.74, 6) is 0.496. The molecule has 1 N–H and O–H groups in total. The SMILES string of the molecule is C[C@]12CCC(=O)N1[C@H](C(=O)Nc1cccc(C(=O)N3CCCC3)c1)CS2. The minimum absolute atomic E-state index is 0.0114. The van der Waals surface area contributed by atoms with Crippen molar-refractivity contribution in [2.45, 2.75) is 43.5 Å². The van der Waals surface area contributed by atoms with Gasteiger partial charge < -0.3 is 15.1 Å². The van der Waals surface area contributed by atoms with Crippen LogP contribution < -0.4 is 5.32 Å². The van der Waals surface area contributed by atoms with Gasteiger partial charge in [0.1, 0.15) is 6.04 Å². The molecule has 4 rings (SSSR count). The highest BCUT2D eigenvalue weighted by Crippen LogP contribution is 2.47. The first-order valence-corrected chi connectivity index (χ1v) is 10.1. The van der Waals surface area contributed by atoms with Gasteiger partial charge in [0.25, 0.3) is 5.91 Å². The van der Waals surface area contributed by atoms with E-state index in [4.69, 9.17) is 0 Å². The summed E-state index contributed by atoms with van der Waals surface area (Å²) in [6, 6.07) is 6.63. The third-order valence-electron chi connectivity index (χ3n) is 5.52. The summed E-state index contributed by atoms with van der Waals surface area (Å²) in [6.07, 6.45) is 3.39. The van der Waals surface area contributed by atoms with Crippen molar-refractivity contribution < 1.29 is 14.4 Å². The summed E-state index contributed by atoms with van der Waals surface area (Å²) in [7, 11) is 0. The Hall–Kier alpha value is -2.02. The maximum Gasteiger partial charge on any atom is 0.253 e. The van der Waals surface area contributed by atoms with Crippen molar-refractivity contribution in [2.75, 3.05) is 24.2 Å². The molecule has 3 saturated heterocycles. The van der Waals surface area contributed by atoms with Crippen LogP contribution in [0.5, 0.6) is 0 Å². The number of thioether (sulfide) groups is 1. The predicted molar refractivity (Wildman–Crippen MR) is 101 cm³/mol. The predicted octanol–water partition coefficient (Wildman–Crippen LogP) is 2.32. The van der Waals surface area contributed by atoms with Gasteiger partial charge in [0, 0.05) is 36.5 Å². The van der Waals surface area contributed by atoms with Gasteiger partial charge in [-0.3, -0.25) is 14.4 Å². The van der Waals surface area contributed by atoms with E-state index in [0.29, 0.717) is 23.4 Å². The van der Waals surface area contributed by atoms with Crippen molar-refractivity contribution >= 4 is 35.2 Å². The van der Waals surface area contributed by atoms with Crippen LogP contribution in [0.2, 0.25) is 0 Å². The number of hydrogen-bond donors (Lipinski definition) is 1. The van der Waals surface area contributed by atoms with Gasteiger partial charge in [-0.05, 0) is 44.4 Å². The zero-order valence-electron chi connectivity index (χ0n) is 14.9. The molecule has 0 spiro atoms. The molecule has 1 aromatic rings. The molecule has 26 heavy (non-hydrogen) atoms. The number of carbonyl (C=O) groups excluding carboxylic acids is 3. The fourth-order valence-electron chi connectivity index (χ4n) is 4.07. The van der Waals surface area contributed by atoms with E-state index in [1.54, 1.807) is 40.9 Å². The van der Waals surface area contributed by atoms with E-state index in [1.165, 1.54) is 0 Å². The number of nitrogens with zero attached hydrogens (tertiary/aromatic N) is 2. The molecular formula is C19H23N3O3S. The lowest BCUT2D eigenvalue weighted by atomic mass is 10.1. The maximum absolute atomic E-state index is 12.8. The van der Waals surface area contributed by atoms with Crippen molar-refractivity contribution in [3.63, 3.8) is 0 Å². The molecule has 3 fully saturated rings. The van der Waals surface area contributed by atoms with Crippen molar-refractivity contribution in [1.29, 1.82) is 0 Å². The second-order valence-electron chi connectivity index (χ2n) is 7.33. The normalized spacial score (nSPS) is 27.7. The van der Waals surface area contributed by atoms with E-state index >= 15 is 0 Å². The van der Waals surface area contributed by atoms with Crippen LogP contribution in [0.3, 0.4) is 0 Å². The minimum Gasteiger partial charge on any atom is -0.339 e. The Balaban J connectivity index is 1.47. The third kappa shape index (κ3) is 2.98. The zero-order chi connectivity index (χ0) is 18.3. The van der Waals surface area contributed by atoms with Crippen LogP contribution >= 0.6 is 11.8 Å². The van der Waals surface area contributed by atoms with Crippen LogP contribution in [-0.4, -0.2) is 57.3 Å². The molecule has 0 unspecified atom stereocenters. The first-order valence-electron chi connectivity index (χ1n) is 9.14. The Morgan fingerprint density at radius 3 is 2.81 bits per heavy atom. The summed E-state index contributed by atoms with van der Waals surface area (Å²) < 4.78 is 0. The van der Waals surface area contributed by atoms with E-state index in [9.17, 15) is 14.4 Å². The van der Waals surface area contributed by atoms with E-state index in [0.717, 1.165) is 32.4 Å². The second-order valence-corrected chi connectivity index (χ2v) is 8.84. The highest BCUT2D eigenvalue weighted by Gasteiger charge is 2.52. The fourth-order valence-corrected chi connectivity index (χ4v) is 5.50. The Labute approximate surface area is 157 Å².